The number of aromatic carboxylic acids is 1. The SMILES string of the molecule is Nc1nc(CC(=O)Nc2ccc(C(=O)O)c(F)c2)cs1. The van der Waals surface area contributed by atoms with E-state index in [0.717, 1.165) is 12.1 Å². The second-order valence-electron chi connectivity index (χ2n) is 3.90. The minimum atomic E-state index is -1.36. The monoisotopic (exact) mass is 295 g/mol. The van der Waals surface area contributed by atoms with Crippen molar-refractivity contribution in [3.8, 4) is 0 Å². The molecule has 4 N–H and O–H groups in total. The molecule has 0 unspecified atom stereocenters. The minimum absolute atomic E-state index is 0.00992. The summed E-state index contributed by atoms with van der Waals surface area (Å²) in [6.45, 7) is 0. The molecule has 0 saturated heterocycles. The Balaban J connectivity index is 2.04. The third-order valence-corrected chi connectivity index (χ3v) is 3.12. The van der Waals surface area contributed by atoms with E-state index in [4.69, 9.17) is 10.8 Å². The molecule has 104 valence electrons. The molecule has 1 aromatic heterocycles. The van der Waals surface area contributed by atoms with Crippen LogP contribution < -0.4 is 11.1 Å². The van der Waals surface area contributed by atoms with Crippen molar-refractivity contribution in [2.45, 2.75) is 6.42 Å². The molecule has 0 fully saturated rings. The lowest BCUT2D eigenvalue weighted by Gasteiger charge is -2.05. The van der Waals surface area contributed by atoms with Crippen molar-refractivity contribution >= 4 is 34.0 Å². The summed E-state index contributed by atoms with van der Waals surface area (Å²) in [5, 5.41) is 13.2. The van der Waals surface area contributed by atoms with Crippen LogP contribution in [0.3, 0.4) is 0 Å². The molecule has 0 aliphatic heterocycles. The number of carbonyl (C=O) groups excluding carboxylic acids is 1. The van der Waals surface area contributed by atoms with E-state index in [2.05, 4.69) is 10.3 Å². The van der Waals surface area contributed by atoms with Gasteiger partial charge in [0.1, 0.15) is 5.82 Å². The number of halogens is 1. The van der Waals surface area contributed by atoms with Crippen LogP contribution in [-0.4, -0.2) is 22.0 Å². The normalized spacial score (nSPS) is 10.2. The highest BCUT2D eigenvalue weighted by atomic mass is 32.1. The van der Waals surface area contributed by atoms with Crippen LogP contribution in [-0.2, 0) is 11.2 Å². The molecule has 0 aliphatic rings. The highest BCUT2D eigenvalue weighted by Crippen LogP contribution is 2.16. The van der Waals surface area contributed by atoms with Gasteiger partial charge in [-0.1, -0.05) is 0 Å². The fourth-order valence-corrected chi connectivity index (χ4v) is 2.10. The molecule has 2 rings (SSSR count). The molecule has 1 heterocycles. The van der Waals surface area contributed by atoms with Gasteiger partial charge >= 0.3 is 5.97 Å². The number of amides is 1. The van der Waals surface area contributed by atoms with Crippen LogP contribution >= 0.6 is 11.3 Å². The second kappa shape index (κ2) is 5.66. The van der Waals surface area contributed by atoms with E-state index in [1.165, 1.54) is 17.4 Å². The third kappa shape index (κ3) is 3.29. The lowest BCUT2D eigenvalue weighted by atomic mass is 10.2. The van der Waals surface area contributed by atoms with Crippen LogP contribution in [0.2, 0.25) is 0 Å². The van der Waals surface area contributed by atoms with Crippen LogP contribution in [0, 0.1) is 5.82 Å². The van der Waals surface area contributed by atoms with Gasteiger partial charge in [-0.05, 0) is 18.2 Å². The minimum Gasteiger partial charge on any atom is -0.478 e. The Labute approximate surface area is 117 Å². The number of carbonyl (C=O) groups is 2. The van der Waals surface area contributed by atoms with E-state index >= 15 is 0 Å². The number of carboxylic acids is 1. The maximum Gasteiger partial charge on any atom is 0.338 e. The van der Waals surface area contributed by atoms with Crippen molar-refractivity contribution in [2.24, 2.45) is 0 Å². The quantitative estimate of drug-likeness (QED) is 0.796. The van der Waals surface area contributed by atoms with E-state index in [-0.39, 0.29) is 12.1 Å². The van der Waals surface area contributed by atoms with Crippen LogP contribution in [0.25, 0.3) is 0 Å². The van der Waals surface area contributed by atoms with Crippen molar-refractivity contribution in [1.29, 1.82) is 0 Å². The van der Waals surface area contributed by atoms with E-state index in [1.807, 2.05) is 0 Å². The van der Waals surface area contributed by atoms with E-state index in [0.29, 0.717) is 10.8 Å². The fraction of sp³-hybridized carbons (Fsp3) is 0.0833. The number of anilines is 2. The average Bonchev–Trinajstić information content (AvgIpc) is 2.74. The van der Waals surface area contributed by atoms with Gasteiger partial charge in [-0.2, -0.15) is 0 Å². The van der Waals surface area contributed by atoms with Gasteiger partial charge in [0.25, 0.3) is 0 Å². The molecule has 1 aromatic carbocycles. The number of aromatic nitrogens is 1. The van der Waals surface area contributed by atoms with E-state index in [1.54, 1.807) is 5.38 Å². The largest absolute Gasteiger partial charge is 0.478 e. The topological polar surface area (TPSA) is 105 Å². The Kier molecular flexibility index (Phi) is 3.94. The van der Waals surface area contributed by atoms with Gasteiger partial charge in [0.05, 0.1) is 17.7 Å². The predicted octanol–water partition coefficient (Wildman–Crippen LogP) is 1.74. The summed E-state index contributed by atoms with van der Waals surface area (Å²) in [7, 11) is 0. The molecule has 0 bridgehead atoms. The smallest absolute Gasteiger partial charge is 0.338 e. The predicted molar refractivity (Wildman–Crippen MR) is 72.2 cm³/mol. The fourth-order valence-electron chi connectivity index (χ4n) is 1.54. The molecule has 20 heavy (non-hydrogen) atoms. The molecule has 2 aromatic rings. The summed E-state index contributed by atoms with van der Waals surface area (Å²) < 4.78 is 13.4. The van der Waals surface area contributed by atoms with Crippen LogP contribution in [0.15, 0.2) is 23.6 Å². The number of benzene rings is 1. The lowest BCUT2D eigenvalue weighted by Crippen LogP contribution is -2.15. The van der Waals surface area contributed by atoms with Gasteiger partial charge in [-0.25, -0.2) is 14.2 Å². The number of hydrogen-bond donors (Lipinski definition) is 3. The number of nitrogen functional groups attached to an aromatic ring is 1. The Bertz CT molecular complexity index is 672. The van der Waals surface area contributed by atoms with Crippen LogP contribution in [0.4, 0.5) is 15.2 Å². The molecule has 8 heteroatoms. The van der Waals surface area contributed by atoms with E-state index in [9.17, 15) is 14.0 Å². The summed E-state index contributed by atoms with van der Waals surface area (Å²) in [5.41, 5.74) is 5.70. The molecule has 0 saturated carbocycles. The first-order valence-corrected chi connectivity index (χ1v) is 6.36. The zero-order chi connectivity index (χ0) is 14.7. The Morgan fingerprint density at radius 3 is 2.75 bits per heavy atom. The summed E-state index contributed by atoms with van der Waals surface area (Å²) in [4.78, 5) is 26.3. The molecule has 6 nitrogen and oxygen atoms in total. The van der Waals surface area contributed by atoms with Crippen LogP contribution in [0.5, 0.6) is 0 Å². The van der Waals surface area contributed by atoms with Gasteiger partial charge in [0.2, 0.25) is 5.91 Å². The number of carboxylic acid groups (broad SMARTS) is 1. The number of thiazole rings is 1. The number of nitrogens with two attached hydrogens (primary N) is 1. The molecular weight excluding hydrogens is 285 g/mol. The Morgan fingerprint density at radius 2 is 2.20 bits per heavy atom. The Morgan fingerprint density at radius 1 is 1.45 bits per heavy atom. The molecule has 1 amide bonds. The number of nitrogens with one attached hydrogen (secondary N) is 1. The zero-order valence-corrected chi connectivity index (χ0v) is 10.9. The first-order valence-electron chi connectivity index (χ1n) is 5.48. The standard InChI is InChI=1S/C12H10FN3O3S/c13-9-3-6(1-2-8(9)11(18)19)15-10(17)4-7-5-20-12(14)16-7/h1-3,5H,4H2,(H2,14,16)(H,15,17)(H,18,19). The highest BCUT2D eigenvalue weighted by molar-refractivity contribution is 7.13. The highest BCUT2D eigenvalue weighted by Gasteiger charge is 2.12. The maximum absolute atomic E-state index is 13.4. The number of nitrogens with zero attached hydrogens (tertiary/aromatic N) is 1. The first-order chi connectivity index (χ1) is 9.45. The van der Waals surface area contributed by atoms with Gasteiger partial charge < -0.3 is 16.2 Å². The summed E-state index contributed by atoms with van der Waals surface area (Å²) in [5.74, 6) is -2.66. The molecular formula is C12H10FN3O3S. The second-order valence-corrected chi connectivity index (χ2v) is 4.79. The van der Waals surface area contributed by atoms with Gasteiger partial charge in [0, 0.05) is 11.1 Å². The lowest BCUT2D eigenvalue weighted by molar-refractivity contribution is -0.115. The molecule has 0 spiro atoms. The molecule has 0 aliphatic carbocycles. The first kappa shape index (κ1) is 13.9. The van der Waals surface area contributed by atoms with E-state index < -0.39 is 23.3 Å². The number of hydrogen-bond acceptors (Lipinski definition) is 5. The summed E-state index contributed by atoms with van der Waals surface area (Å²) >= 11 is 1.22. The molecule has 0 radical (unpaired) electrons. The third-order valence-electron chi connectivity index (χ3n) is 2.39. The van der Waals surface area contributed by atoms with Crippen molar-refractivity contribution in [2.75, 3.05) is 11.1 Å². The number of rotatable bonds is 4. The van der Waals surface area contributed by atoms with Crippen molar-refractivity contribution in [1.82, 2.24) is 4.98 Å². The van der Waals surface area contributed by atoms with Crippen molar-refractivity contribution in [3.05, 3.63) is 40.7 Å². The molecule has 0 atom stereocenters. The van der Waals surface area contributed by atoms with Crippen LogP contribution in [0.1, 0.15) is 16.1 Å². The van der Waals surface area contributed by atoms with Gasteiger partial charge in [-0.3, -0.25) is 4.79 Å². The average molecular weight is 295 g/mol. The van der Waals surface area contributed by atoms with Crippen molar-refractivity contribution in [3.63, 3.8) is 0 Å². The van der Waals surface area contributed by atoms with Crippen molar-refractivity contribution < 1.29 is 19.1 Å². The van der Waals surface area contributed by atoms with Gasteiger partial charge in [0.15, 0.2) is 5.13 Å². The summed E-state index contributed by atoms with van der Waals surface area (Å²) in [6.07, 6.45) is 0.00992. The summed E-state index contributed by atoms with van der Waals surface area (Å²) in [6, 6.07) is 3.37. The Hall–Kier alpha value is -2.48. The maximum atomic E-state index is 13.4. The zero-order valence-electron chi connectivity index (χ0n) is 10.1. The van der Waals surface area contributed by atoms with Gasteiger partial charge in [-0.15, -0.1) is 11.3 Å².